The summed E-state index contributed by atoms with van der Waals surface area (Å²) in [5.41, 5.74) is 1.71. The molecule has 0 spiro atoms. The van der Waals surface area contributed by atoms with Gasteiger partial charge in [-0.25, -0.2) is 4.79 Å². The van der Waals surface area contributed by atoms with E-state index in [1.165, 1.54) is 6.07 Å². The first-order valence-electron chi connectivity index (χ1n) is 5.99. The molecule has 4 nitrogen and oxygen atoms in total. The molecular weight excluding hydrogens is 358 g/mol. The Kier molecular flexibility index (Phi) is 4.65. The average Bonchev–Trinajstić information content (AvgIpc) is 2.43. The standard InChI is InChI=1S/C15H11BrClNO3/c1-8-2-3-9(17)6-11(8)14(19)18-10-4-5-13(16)12(7-10)15(20)21/h2-7H,1H3,(H,18,19)(H,20,21). The van der Waals surface area contributed by atoms with E-state index in [4.69, 9.17) is 16.7 Å². The number of halogens is 2. The minimum Gasteiger partial charge on any atom is -0.478 e. The number of aromatic carboxylic acids is 1. The molecule has 1 amide bonds. The number of hydrogen-bond acceptors (Lipinski definition) is 2. The molecule has 0 atom stereocenters. The van der Waals surface area contributed by atoms with Crippen molar-refractivity contribution in [3.05, 3.63) is 62.6 Å². The Morgan fingerprint density at radius 3 is 2.52 bits per heavy atom. The largest absolute Gasteiger partial charge is 0.478 e. The molecule has 0 aliphatic rings. The van der Waals surface area contributed by atoms with E-state index in [2.05, 4.69) is 21.2 Å². The van der Waals surface area contributed by atoms with Crippen molar-refractivity contribution in [1.29, 1.82) is 0 Å². The predicted molar refractivity (Wildman–Crippen MR) is 85.2 cm³/mol. The third-order valence-corrected chi connectivity index (χ3v) is 3.83. The Hall–Kier alpha value is -1.85. The first-order valence-corrected chi connectivity index (χ1v) is 7.16. The van der Waals surface area contributed by atoms with Crippen LogP contribution in [-0.2, 0) is 0 Å². The summed E-state index contributed by atoms with van der Waals surface area (Å²) in [5, 5.41) is 12.2. The van der Waals surface area contributed by atoms with Crippen molar-refractivity contribution < 1.29 is 14.7 Å². The van der Waals surface area contributed by atoms with E-state index in [-0.39, 0.29) is 11.5 Å². The lowest BCUT2D eigenvalue weighted by Crippen LogP contribution is -2.14. The third-order valence-electron chi connectivity index (χ3n) is 2.90. The number of carboxylic acid groups (broad SMARTS) is 1. The maximum atomic E-state index is 12.2. The van der Waals surface area contributed by atoms with Crippen molar-refractivity contribution in [3.8, 4) is 0 Å². The highest BCUT2D eigenvalue weighted by molar-refractivity contribution is 9.10. The summed E-state index contributed by atoms with van der Waals surface area (Å²) in [6.45, 7) is 1.80. The topological polar surface area (TPSA) is 66.4 Å². The van der Waals surface area contributed by atoms with Crippen molar-refractivity contribution in [3.63, 3.8) is 0 Å². The van der Waals surface area contributed by atoms with Crippen LogP contribution in [0.3, 0.4) is 0 Å². The Labute approximate surface area is 134 Å². The van der Waals surface area contributed by atoms with Gasteiger partial charge in [-0.2, -0.15) is 0 Å². The molecule has 0 bridgehead atoms. The lowest BCUT2D eigenvalue weighted by molar-refractivity contribution is 0.0695. The Bertz CT molecular complexity index is 731. The van der Waals surface area contributed by atoms with Gasteiger partial charge in [-0.15, -0.1) is 0 Å². The van der Waals surface area contributed by atoms with Gasteiger partial charge in [0.1, 0.15) is 0 Å². The molecule has 0 aliphatic carbocycles. The molecule has 2 aromatic carbocycles. The van der Waals surface area contributed by atoms with Crippen LogP contribution in [0.15, 0.2) is 40.9 Å². The first-order chi connectivity index (χ1) is 9.88. The zero-order chi connectivity index (χ0) is 15.6. The summed E-state index contributed by atoms with van der Waals surface area (Å²) in [4.78, 5) is 23.3. The van der Waals surface area contributed by atoms with Crippen LogP contribution in [0.25, 0.3) is 0 Å². The molecule has 0 aliphatic heterocycles. The molecule has 0 unspecified atom stereocenters. The number of amides is 1. The van der Waals surface area contributed by atoms with Gasteiger partial charge >= 0.3 is 5.97 Å². The molecule has 2 N–H and O–H groups in total. The molecule has 2 rings (SSSR count). The number of anilines is 1. The van der Waals surface area contributed by atoms with Crippen LogP contribution >= 0.6 is 27.5 Å². The van der Waals surface area contributed by atoms with E-state index in [0.29, 0.717) is 20.7 Å². The maximum absolute atomic E-state index is 12.2. The van der Waals surface area contributed by atoms with Crippen molar-refractivity contribution in [2.75, 3.05) is 5.32 Å². The van der Waals surface area contributed by atoms with Gasteiger partial charge in [0.15, 0.2) is 0 Å². The van der Waals surface area contributed by atoms with Crippen molar-refractivity contribution in [1.82, 2.24) is 0 Å². The molecule has 6 heteroatoms. The number of carbonyl (C=O) groups excluding carboxylic acids is 1. The van der Waals surface area contributed by atoms with Crippen LogP contribution in [0.5, 0.6) is 0 Å². The van der Waals surface area contributed by atoms with Crippen molar-refractivity contribution >= 4 is 45.1 Å². The quantitative estimate of drug-likeness (QED) is 0.846. The van der Waals surface area contributed by atoms with Gasteiger partial charge in [0.2, 0.25) is 0 Å². The monoisotopic (exact) mass is 367 g/mol. The SMILES string of the molecule is Cc1ccc(Cl)cc1C(=O)Nc1ccc(Br)c(C(=O)O)c1. The number of nitrogens with one attached hydrogen (secondary N) is 1. The lowest BCUT2D eigenvalue weighted by Gasteiger charge is -2.09. The number of benzene rings is 2. The van der Waals surface area contributed by atoms with Gasteiger partial charge in [-0.1, -0.05) is 17.7 Å². The average molecular weight is 369 g/mol. The summed E-state index contributed by atoms with van der Waals surface area (Å²) in [6, 6.07) is 9.61. The highest BCUT2D eigenvalue weighted by Crippen LogP contribution is 2.22. The molecule has 0 heterocycles. The van der Waals surface area contributed by atoms with Gasteiger partial charge in [-0.05, 0) is 58.7 Å². The normalized spacial score (nSPS) is 10.2. The van der Waals surface area contributed by atoms with Gasteiger partial charge in [0.25, 0.3) is 5.91 Å². The van der Waals surface area contributed by atoms with Crippen LogP contribution in [0.4, 0.5) is 5.69 Å². The van der Waals surface area contributed by atoms with Gasteiger partial charge in [-0.3, -0.25) is 4.79 Å². The first kappa shape index (κ1) is 15.5. The van der Waals surface area contributed by atoms with Crippen LogP contribution in [0, 0.1) is 6.92 Å². The Morgan fingerprint density at radius 1 is 1.14 bits per heavy atom. The highest BCUT2D eigenvalue weighted by atomic mass is 79.9. The molecule has 0 saturated heterocycles. The highest BCUT2D eigenvalue weighted by Gasteiger charge is 2.13. The second-order valence-electron chi connectivity index (χ2n) is 4.41. The lowest BCUT2D eigenvalue weighted by atomic mass is 10.1. The number of carbonyl (C=O) groups is 2. The third kappa shape index (κ3) is 3.62. The zero-order valence-corrected chi connectivity index (χ0v) is 13.3. The van der Waals surface area contributed by atoms with E-state index in [1.807, 2.05) is 0 Å². The fourth-order valence-corrected chi connectivity index (χ4v) is 2.39. The van der Waals surface area contributed by atoms with E-state index in [0.717, 1.165) is 5.56 Å². The Morgan fingerprint density at radius 2 is 1.86 bits per heavy atom. The van der Waals surface area contributed by atoms with Crippen LogP contribution in [0.2, 0.25) is 5.02 Å². The predicted octanol–water partition coefficient (Wildman–Crippen LogP) is 4.36. The summed E-state index contributed by atoms with van der Waals surface area (Å²) in [7, 11) is 0. The van der Waals surface area contributed by atoms with Crippen molar-refractivity contribution in [2.45, 2.75) is 6.92 Å². The van der Waals surface area contributed by atoms with Gasteiger partial charge < -0.3 is 10.4 Å². The second kappa shape index (κ2) is 6.28. The summed E-state index contributed by atoms with van der Waals surface area (Å²) < 4.78 is 0.451. The molecule has 0 radical (unpaired) electrons. The van der Waals surface area contributed by atoms with Crippen LogP contribution in [-0.4, -0.2) is 17.0 Å². The molecule has 0 aromatic heterocycles. The minimum atomic E-state index is -1.07. The minimum absolute atomic E-state index is 0.0793. The molecule has 2 aromatic rings. The number of hydrogen-bond donors (Lipinski definition) is 2. The smallest absolute Gasteiger partial charge is 0.336 e. The fraction of sp³-hybridized carbons (Fsp3) is 0.0667. The van der Waals surface area contributed by atoms with Crippen LogP contribution in [0.1, 0.15) is 26.3 Å². The summed E-state index contributed by atoms with van der Waals surface area (Å²) in [6.07, 6.45) is 0. The molecule has 21 heavy (non-hydrogen) atoms. The molecule has 0 fully saturated rings. The van der Waals surface area contributed by atoms with E-state index in [9.17, 15) is 9.59 Å². The number of rotatable bonds is 3. The maximum Gasteiger partial charge on any atom is 0.336 e. The number of aryl methyl sites for hydroxylation is 1. The fourth-order valence-electron chi connectivity index (χ4n) is 1.80. The van der Waals surface area contributed by atoms with Gasteiger partial charge in [0, 0.05) is 20.7 Å². The Balaban J connectivity index is 2.29. The van der Waals surface area contributed by atoms with Crippen LogP contribution < -0.4 is 5.32 Å². The molecule has 108 valence electrons. The summed E-state index contributed by atoms with van der Waals surface area (Å²) >= 11 is 9.04. The molecular formula is C15H11BrClNO3. The van der Waals surface area contributed by atoms with E-state index < -0.39 is 5.97 Å². The second-order valence-corrected chi connectivity index (χ2v) is 5.70. The van der Waals surface area contributed by atoms with Gasteiger partial charge in [0.05, 0.1) is 5.56 Å². The van der Waals surface area contributed by atoms with E-state index >= 15 is 0 Å². The molecule has 0 saturated carbocycles. The van der Waals surface area contributed by atoms with E-state index in [1.54, 1.807) is 37.3 Å². The summed E-state index contributed by atoms with van der Waals surface area (Å²) in [5.74, 6) is -1.41. The zero-order valence-electron chi connectivity index (χ0n) is 11.0. The number of carboxylic acids is 1. The van der Waals surface area contributed by atoms with Crippen molar-refractivity contribution in [2.24, 2.45) is 0 Å².